The fraction of sp³-hybridized carbons (Fsp3) is 0.462. The fourth-order valence-corrected chi connectivity index (χ4v) is 2.21. The summed E-state index contributed by atoms with van der Waals surface area (Å²) in [5, 5.41) is 9.50. The first kappa shape index (κ1) is 9.72. The summed E-state index contributed by atoms with van der Waals surface area (Å²) >= 11 is 0. The van der Waals surface area contributed by atoms with Crippen molar-refractivity contribution in [3.05, 3.63) is 42.3 Å². The Kier molecular flexibility index (Phi) is 3.20. The fourth-order valence-electron chi connectivity index (χ4n) is 2.21. The molecule has 14 heavy (non-hydrogen) atoms. The van der Waals surface area contributed by atoms with Gasteiger partial charge in [0.25, 0.3) is 0 Å². The molecule has 1 N–H and O–H groups in total. The van der Waals surface area contributed by atoms with Crippen molar-refractivity contribution in [3.63, 3.8) is 0 Å². The summed E-state index contributed by atoms with van der Waals surface area (Å²) in [6.45, 7) is 0. The van der Waals surface area contributed by atoms with Crippen LogP contribution in [0, 0.1) is 12.3 Å². The lowest BCUT2D eigenvalue weighted by atomic mass is 9.83. The van der Waals surface area contributed by atoms with Crippen molar-refractivity contribution in [1.29, 1.82) is 0 Å². The van der Waals surface area contributed by atoms with Gasteiger partial charge in [0.05, 0.1) is 6.10 Å². The molecule has 1 aliphatic carbocycles. The van der Waals surface area contributed by atoms with Crippen LogP contribution in [0.5, 0.6) is 0 Å². The van der Waals surface area contributed by atoms with E-state index in [1.165, 1.54) is 12.0 Å². The Morgan fingerprint density at radius 1 is 1.21 bits per heavy atom. The number of benzene rings is 1. The molecular weight excluding hydrogens is 172 g/mol. The summed E-state index contributed by atoms with van der Waals surface area (Å²) in [5.74, 6) is 0.664. The molecule has 2 atom stereocenters. The van der Waals surface area contributed by atoms with Crippen LogP contribution < -0.4 is 0 Å². The highest BCUT2D eigenvalue weighted by molar-refractivity contribution is 5.15. The molecule has 0 bridgehead atoms. The topological polar surface area (TPSA) is 20.2 Å². The predicted octanol–water partition coefficient (Wildman–Crippen LogP) is 2.59. The van der Waals surface area contributed by atoms with Crippen LogP contribution in [0.1, 0.15) is 24.8 Å². The molecule has 1 heteroatoms. The first-order chi connectivity index (χ1) is 6.84. The molecule has 0 aromatic heterocycles. The van der Waals surface area contributed by atoms with Crippen molar-refractivity contribution in [3.8, 4) is 0 Å². The zero-order chi connectivity index (χ0) is 9.80. The number of aliphatic hydroxyl groups excluding tert-OH is 1. The minimum atomic E-state index is -0.169. The average molecular weight is 189 g/mol. The third-order valence-electron chi connectivity index (χ3n) is 2.96. The second kappa shape index (κ2) is 4.61. The third-order valence-corrected chi connectivity index (χ3v) is 2.96. The second-order valence-electron chi connectivity index (χ2n) is 4.17. The Balaban J connectivity index is 1.91. The Hall–Kier alpha value is -0.820. The monoisotopic (exact) mass is 189 g/mol. The van der Waals surface area contributed by atoms with Crippen molar-refractivity contribution in [2.45, 2.75) is 31.8 Å². The molecule has 1 aromatic carbocycles. The first-order valence-corrected chi connectivity index (χ1v) is 5.40. The lowest BCUT2D eigenvalue weighted by Crippen LogP contribution is -2.21. The maximum absolute atomic E-state index is 9.50. The molecule has 2 unspecified atom stereocenters. The van der Waals surface area contributed by atoms with Crippen LogP contribution in [0.2, 0.25) is 0 Å². The summed E-state index contributed by atoms with van der Waals surface area (Å²) in [4.78, 5) is 0. The van der Waals surface area contributed by atoms with E-state index in [0.29, 0.717) is 5.92 Å². The number of aliphatic hydroxyl groups is 1. The van der Waals surface area contributed by atoms with E-state index >= 15 is 0 Å². The molecule has 1 saturated carbocycles. The van der Waals surface area contributed by atoms with E-state index < -0.39 is 0 Å². The quantitative estimate of drug-likeness (QED) is 0.758. The van der Waals surface area contributed by atoms with Crippen molar-refractivity contribution in [2.75, 3.05) is 0 Å². The maximum Gasteiger partial charge on any atom is 0.0574 e. The van der Waals surface area contributed by atoms with E-state index in [1.54, 1.807) is 0 Å². The first-order valence-electron chi connectivity index (χ1n) is 5.40. The highest BCUT2D eigenvalue weighted by Crippen LogP contribution is 2.26. The van der Waals surface area contributed by atoms with Crippen LogP contribution in [-0.2, 0) is 6.42 Å². The third kappa shape index (κ3) is 2.58. The minimum Gasteiger partial charge on any atom is -0.393 e. The van der Waals surface area contributed by atoms with Gasteiger partial charge in [0.1, 0.15) is 0 Å². The summed E-state index contributed by atoms with van der Waals surface area (Å²) in [6.07, 6.45) is 6.21. The van der Waals surface area contributed by atoms with E-state index in [2.05, 4.69) is 24.3 Å². The predicted molar refractivity (Wildman–Crippen MR) is 57.8 cm³/mol. The Bertz CT molecular complexity index is 268. The van der Waals surface area contributed by atoms with Gasteiger partial charge in [-0.05, 0) is 43.6 Å². The standard InChI is InChI=1S/C13H17O/c14-13-8-4-7-12(10-13)9-11-5-2-1-3-6-11/h1-3,5-6,8,12-14H,4,7,9-10H2. The maximum atomic E-state index is 9.50. The smallest absolute Gasteiger partial charge is 0.0574 e. The summed E-state index contributed by atoms with van der Waals surface area (Å²) in [5.41, 5.74) is 1.40. The number of hydrogen-bond acceptors (Lipinski definition) is 1. The SMILES string of the molecule is OC1[CH]CCC(Cc2ccccc2)C1. The van der Waals surface area contributed by atoms with Crippen molar-refractivity contribution in [2.24, 2.45) is 5.92 Å². The van der Waals surface area contributed by atoms with Crippen LogP contribution >= 0.6 is 0 Å². The van der Waals surface area contributed by atoms with Crippen LogP contribution in [0.4, 0.5) is 0 Å². The van der Waals surface area contributed by atoms with E-state index in [-0.39, 0.29) is 6.10 Å². The molecule has 0 amide bonds. The van der Waals surface area contributed by atoms with Gasteiger partial charge in [-0.2, -0.15) is 0 Å². The molecule has 1 radical (unpaired) electrons. The van der Waals surface area contributed by atoms with E-state index in [4.69, 9.17) is 0 Å². The van der Waals surface area contributed by atoms with Gasteiger partial charge in [-0.3, -0.25) is 0 Å². The largest absolute Gasteiger partial charge is 0.393 e. The minimum absolute atomic E-state index is 0.169. The van der Waals surface area contributed by atoms with Gasteiger partial charge >= 0.3 is 0 Å². The molecule has 75 valence electrons. The Labute approximate surface area is 85.8 Å². The molecule has 0 heterocycles. The Morgan fingerprint density at radius 2 is 2.00 bits per heavy atom. The van der Waals surface area contributed by atoms with Gasteiger partial charge < -0.3 is 5.11 Å². The summed E-state index contributed by atoms with van der Waals surface area (Å²) < 4.78 is 0. The van der Waals surface area contributed by atoms with Gasteiger partial charge in [-0.1, -0.05) is 30.3 Å². The Morgan fingerprint density at radius 3 is 2.71 bits per heavy atom. The van der Waals surface area contributed by atoms with Crippen molar-refractivity contribution >= 4 is 0 Å². The molecular formula is C13H17O. The summed E-state index contributed by atoms with van der Waals surface area (Å²) in [7, 11) is 0. The molecule has 1 nitrogen and oxygen atoms in total. The van der Waals surface area contributed by atoms with Crippen molar-refractivity contribution in [1.82, 2.24) is 0 Å². The van der Waals surface area contributed by atoms with Crippen LogP contribution in [0.25, 0.3) is 0 Å². The van der Waals surface area contributed by atoms with Crippen LogP contribution in [0.3, 0.4) is 0 Å². The lowest BCUT2D eigenvalue weighted by molar-refractivity contribution is 0.143. The highest BCUT2D eigenvalue weighted by Gasteiger charge is 2.20. The molecule has 2 rings (SSSR count). The van der Waals surface area contributed by atoms with Crippen molar-refractivity contribution < 1.29 is 5.11 Å². The van der Waals surface area contributed by atoms with Gasteiger partial charge in [0, 0.05) is 0 Å². The molecule has 0 aliphatic heterocycles. The molecule has 1 fully saturated rings. The summed E-state index contributed by atoms with van der Waals surface area (Å²) in [6, 6.07) is 10.6. The number of rotatable bonds is 2. The van der Waals surface area contributed by atoms with E-state index in [1.807, 2.05) is 12.5 Å². The van der Waals surface area contributed by atoms with Gasteiger partial charge in [0.2, 0.25) is 0 Å². The zero-order valence-corrected chi connectivity index (χ0v) is 8.39. The number of hydrogen-bond donors (Lipinski definition) is 1. The normalized spacial score (nSPS) is 27.5. The van der Waals surface area contributed by atoms with Crippen LogP contribution in [0.15, 0.2) is 30.3 Å². The molecule has 1 aliphatic rings. The van der Waals surface area contributed by atoms with Gasteiger partial charge in [-0.15, -0.1) is 0 Å². The van der Waals surface area contributed by atoms with E-state index in [9.17, 15) is 5.11 Å². The second-order valence-corrected chi connectivity index (χ2v) is 4.17. The van der Waals surface area contributed by atoms with E-state index in [0.717, 1.165) is 19.3 Å². The molecule has 0 saturated heterocycles. The zero-order valence-electron chi connectivity index (χ0n) is 8.39. The average Bonchev–Trinajstić information content (AvgIpc) is 2.19. The molecule has 1 aromatic rings. The molecule has 0 spiro atoms. The van der Waals surface area contributed by atoms with Crippen LogP contribution in [-0.4, -0.2) is 11.2 Å². The lowest BCUT2D eigenvalue weighted by Gasteiger charge is -2.25. The highest BCUT2D eigenvalue weighted by atomic mass is 16.3. The van der Waals surface area contributed by atoms with Gasteiger partial charge in [0.15, 0.2) is 0 Å². The van der Waals surface area contributed by atoms with Gasteiger partial charge in [-0.25, -0.2) is 0 Å².